The fourth-order valence-electron chi connectivity index (χ4n) is 3.19. The lowest BCUT2D eigenvalue weighted by atomic mass is 9.93. The molecule has 0 saturated carbocycles. The Hall–Kier alpha value is -0.800. The predicted octanol–water partition coefficient (Wildman–Crippen LogP) is 2.27. The summed E-state index contributed by atoms with van der Waals surface area (Å²) >= 11 is 5.89. The van der Waals surface area contributed by atoms with Crippen molar-refractivity contribution in [1.82, 2.24) is 9.88 Å². The average molecular weight is 252 g/mol. The van der Waals surface area contributed by atoms with Gasteiger partial charge in [0.2, 0.25) is 0 Å². The van der Waals surface area contributed by atoms with Gasteiger partial charge in [-0.1, -0.05) is 11.6 Å². The molecule has 0 aromatic carbocycles. The highest BCUT2D eigenvalue weighted by molar-refractivity contribution is 6.30. The summed E-state index contributed by atoms with van der Waals surface area (Å²) < 4.78 is 0. The van der Waals surface area contributed by atoms with Crippen molar-refractivity contribution in [2.24, 2.45) is 5.92 Å². The largest absolute Gasteiger partial charge is 0.353 e. The zero-order valence-corrected chi connectivity index (χ0v) is 10.9. The highest BCUT2D eigenvalue weighted by Crippen LogP contribution is 2.33. The maximum Gasteiger partial charge on any atom is 0.128 e. The molecule has 2 aliphatic heterocycles. The molecular weight excluding hydrogens is 234 g/mol. The van der Waals surface area contributed by atoms with E-state index in [0.29, 0.717) is 11.1 Å². The Morgan fingerprint density at radius 2 is 2.18 bits per heavy atom. The van der Waals surface area contributed by atoms with Crippen molar-refractivity contribution in [3.05, 3.63) is 23.4 Å². The summed E-state index contributed by atoms with van der Waals surface area (Å²) in [4.78, 5) is 9.36. The molecule has 3 nitrogen and oxygen atoms in total. The third-order valence-electron chi connectivity index (χ3n) is 4.04. The Balaban J connectivity index is 1.79. The van der Waals surface area contributed by atoms with Crippen molar-refractivity contribution in [2.75, 3.05) is 31.6 Å². The number of hydrogen-bond donors (Lipinski definition) is 0. The van der Waals surface area contributed by atoms with Gasteiger partial charge in [-0.25, -0.2) is 4.98 Å². The lowest BCUT2D eigenvalue weighted by Crippen LogP contribution is -2.44. The van der Waals surface area contributed by atoms with Crippen molar-refractivity contribution < 1.29 is 0 Å². The number of halogens is 1. The highest BCUT2D eigenvalue weighted by atomic mass is 35.5. The van der Waals surface area contributed by atoms with Crippen LogP contribution in [0.4, 0.5) is 5.82 Å². The Kier molecular flexibility index (Phi) is 2.97. The number of piperidine rings is 1. The van der Waals surface area contributed by atoms with Gasteiger partial charge in [0.05, 0.1) is 5.02 Å². The molecule has 0 amide bonds. The molecule has 4 heteroatoms. The molecule has 1 aromatic rings. The van der Waals surface area contributed by atoms with Gasteiger partial charge in [-0.05, 0) is 44.5 Å². The van der Waals surface area contributed by atoms with Crippen molar-refractivity contribution in [3.63, 3.8) is 0 Å². The standard InChI is InChI=1S/C13H18ClN3/c1-16-6-5-12-10(9-16)4-7-17(12)13-3-2-11(14)8-15-13/h2-3,8,10,12H,4-7,9H2,1H3. The van der Waals surface area contributed by atoms with Crippen LogP contribution in [-0.4, -0.2) is 42.6 Å². The van der Waals surface area contributed by atoms with Crippen molar-refractivity contribution in [2.45, 2.75) is 18.9 Å². The zero-order valence-electron chi connectivity index (χ0n) is 10.1. The van der Waals surface area contributed by atoms with Gasteiger partial charge >= 0.3 is 0 Å². The van der Waals surface area contributed by atoms with E-state index in [1.54, 1.807) is 6.20 Å². The van der Waals surface area contributed by atoms with Gasteiger partial charge < -0.3 is 9.80 Å². The molecule has 1 aromatic heterocycles. The molecule has 3 heterocycles. The van der Waals surface area contributed by atoms with Gasteiger partial charge in [-0.2, -0.15) is 0 Å². The molecule has 0 N–H and O–H groups in total. The van der Waals surface area contributed by atoms with Crippen molar-refractivity contribution >= 4 is 17.4 Å². The third kappa shape index (κ3) is 2.14. The maximum atomic E-state index is 5.89. The monoisotopic (exact) mass is 251 g/mol. The molecule has 2 atom stereocenters. The Bertz CT molecular complexity index is 392. The van der Waals surface area contributed by atoms with Gasteiger partial charge in [0.15, 0.2) is 0 Å². The van der Waals surface area contributed by atoms with E-state index in [0.717, 1.165) is 18.3 Å². The molecule has 0 bridgehead atoms. The number of aromatic nitrogens is 1. The second-order valence-corrected chi connectivity index (χ2v) is 5.63. The highest BCUT2D eigenvalue weighted by Gasteiger charge is 2.37. The maximum absolute atomic E-state index is 5.89. The van der Waals surface area contributed by atoms with Gasteiger partial charge in [0.25, 0.3) is 0 Å². The second kappa shape index (κ2) is 4.46. The van der Waals surface area contributed by atoms with Crippen LogP contribution < -0.4 is 4.90 Å². The van der Waals surface area contributed by atoms with Crippen LogP contribution in [0.3, 0.4) is 0 Å². The van der Waals surface area contributed by atoms with E-state index in [1.165, 1.54) is 25.9 Å². The SMILES string of the molecule is CN1CCC2C(CCN2c2ccc(Cl)cn2)C1. The van der Waals surface area contributed by atoms with Gasteiger partial charge in [0, 0.05) is 25.3 Å². The van der Waals surface area contributed by atoms with E-state index >= 15 is 0 Å². The molecule has 0 spiro atoms. The van der Waals surface area contributed by atoms with E-state index in [1.807, 2.05) is 12.1 Å². The zero-order chi connectivity index (χ0) is 11.8. The molecule has 3 rings (SSSR count). The number of likely N-dealkylation sites (tertiary alicyclic amines) is 1. The summed E-state index contributed by atoms with van der Waals surface area (Å²) in [7, 11) is 2.22. The second-order valence-electron chi connectivity index (χ2n) is 5.20. The topological polar surface area (TPSA) is 19.4 Å². The summed E-state index contributed by atoms with van der Waals surface area (Å²) in [5.41, 5.74) is 0. The van der Waals surface area contributed by atoms with E-state index in [-0.39, 0.29) is 0 Å². The average Bonchev–Trinajstić information content (AvgIpc) is 2.73. The first kappa shape index (κ1) is 11.3. The van der Waals surface area contributed by atoms with Crippen molar-refractivity contribution in [3.8, 4) is 0 Å². The van der Waals surface area contributed by atoms with E-state index in [9.17, 15) is 0 Å². The van der Waals surface area contributed by atoms with Crippen LogP contribution >= 0.6 is 11.6 Å². The summed E-state index contributed by atoms with van der Waals surface area (Å²) in [6.07, 6.45) is 4.30. The van der Waals surface area contributed by atoms with Crippen LogP contribution in [0, 0.1) is 5.92 Å². The molecule has 2 saturated heterocycles. The Morgan fingerprint density at radius 3 is 2.94 bits per heavy atom. The van der Waals surface area contributed by atoms with Crippen LogP contribution in [0.5, 0.6) is 0 Å². The first-order valence-electron chi connectivity index (χ1n) is 6.31. The van der Waals surface area contributed by atoms with E-state index in [4.69, 9.17) is 11.6 Å². The lowest BCUT2D eigenvalue weighted by Gasteiger charge is -2.36. The smallest absolute Gasteiger partial charge is 0.128 e. The number of nitrogens with zero attached hydrogens (tertiary/aromatic N) is 3. The number of fused-ring (bicyclic) bond motifs is 1. The fourth-order valence-corrected chi connectivity index (χ4v) is 3.30. The third-order valence-corrected chi connectivity index (χ3v) is 4.27. The number of hydrogen-bond acceptors (Lipinski definition) is 3. The molecule has 2 aliphatic rings. The summed E-state index contributed by atoms with van der Waals surface area (Å²) in [6.45, 7) is 3.57. The quantitative estimate of drug-likeness (QED) is 0.763. The summed E-state index contributed by atoms with van der Waals surface area (Å²) in [5, 5.41) is 0.716. The number of rotatable bonds is 1. The normalized spacial score (nSPS) is 29.4. The molecule has 92 valence electrons. The van der Waals surface area contributed by atoms with E-state index < -0.39 is 0 Å². The first-order valence-corrected chi connectivity index (χ1v) is 6.68. The lowest BCUT2D eigenvalue weighted by molar-refractivity contribution is 0.202. The van der Waals surface area contributed by atoms with E-state index in [2.05, 4.69) is 21.8 Å². The van der Waals surface area contributed by atoms with Gasteiger partial charge in [0.1, 0.15) is 5.82 Å². The molecule has 2 unspecified atom stereocenters. The van der Waals surface area contributed by atoms with Crippen LogP contribution in [0.15, 0.2) is 18.3 Å². The molecular formula is C13H18ClN3. The first-order chi connectivity index (χ1) is 8.24. The molecule has 0 aliphatic carbocycles. The minimum Gasteiger partial charge on any atom is -0.353 e. The van der Waals surface area contributed by atoms with Crippen LogP contribution in [-0.2, 0) is 0 Å². The minimum atomic E-state index is 0.680. The molecule has 2 fully saturated rings. The van der Waals surface area contributed by atoms with Crippen LogP contribution in [0.25, 0.3) is 0 Å². The summed E-state index contributed by atoms with van der Waals surface area (Å²) in [5.74, 6) is 1.90. The summed E-state index contributed by atoms with van der Waals surface area (Å²) in [6, 6.07) is 4.66. The minimum absolute atomic E-state index is 0.680. The number of anilines is 1. The predicted molar refractivity (Wildman–Crippen MR) is 70.6 cm³/mol. The fraction of sp³-hybridized carbons (Fsp3) is 0.615. The molecule has 0 radical (unpaired) electrons. The van der Waals surface area contributed by atoms with Gasteiger partial charge in [-0.15, -0.1) is 0 Å². The van der Waals surface area contributed by atoms with Crippen LogP contribution in [0.1, 0.15) is 12.8 Å². The van der Waals surface area contributed by atoms with Crippen LogP contribution in [0.2, 0.25) is 5.02 Å². The van der Waals surface area contributed by atoms with Crippen molar-refractivity contribution in [1.29, 1.82) is 0 Å². The number of pyridine rings is 1. The van der Waals surface area contributed by atoms with Gasteiger partial charge in [-0.3, -0.25) is 0 Å². The Morgan fingerprint density at radius 1 is 1.29 bits per heavy atom. The Labute approximate surface area is 107 Å². The molecule has 17 heavy (non-hydrogen) atoms.